The Morgan fingerprint density at radius 1 is 0.603 bits per heavy atom. The smallest absolute Gasteiger partial charge is 0.481 e. The van der Waals surface area contributed by atoms with Gasteiger partial charge >= 0.3 is 31.7 Å². The van der Waals surface area contributed by atoms with Gasteiger partial charge in [-0.15, -0.1) is 0 Å². The van der Waals surface area contributed by atoms with Gasteiger partial charge in [0.05, 0.1) is 32.0 Å². The summed E-state index contributed by atoms with van der Waals surface area (Å²) < 4.78 is 15.9. The van der Waals surface area contributed by atoms with E-state index < -0.39 is 178 Å². The zero-order valence-electron chi connectivity index (χ0n) is 39.7. The molecule has 0 aliphatic rings. The molecule has 32 heteroatoms. The maximum absolute atomic E-state index is 14.0. The summed E-state index contributed by atoms with van der Waals surface area (Å²) in [5, 5.41) is 64.6. The van der Waals surface area contributed by atoms with Gasteiger partial charge in [-0.3, -0.25) is 67.3 Å². The molecule has 0 aliphatic heterocycles. The van der Waals surface area contributed by atoms with E-state index >= 15 is 0 Å². The lowest BCUT2D eigenvalue weighted by molar-refractivity contribution is -0.143. The van der Waals surface area contributed by atoms with Crippen LogP contribution in [0.1, 0.15) is 71.3 Å². The van der Waals surface area contributed by atoms with E-state index in [0.29, 0.717) is 19.4 Å². The lowest BCUT2D eigenvalue weighted by Gasteiger charge is -2.27. The molecule has 0 saturated heterocycles. The van der Waals surface area contributed by atoms with E-state index in [1.807, 2.05) is 10.6 Å². The van der Waals surface area contributed by atoms with Gasteiger partial charge in [-0.05, 0) is 56.3 Å². The van der Waals surface area contributed by atoms with Crippen LogP contribution in [-0.2, 0) is 68.5 Å². The first kappa shape index (κ1) is 63.7. The van der Waals surface area contributed by atoms with Gasteiger partial charge in [0, 0.05) is 12.8 Å². The Hall–Kier alpha value is -7.31. The van der Waals surface area contributed by atoms with Crippen LogP contribution in [0.5, 0.6) is 5.75 Å². The maximum Gasteiger partial charge on any atom is 0.524 e. The molecule has 0 heterocycles. The van der Waals surface area contributed by atoms with Gasteiger partial charge in [-0.1, -0.05) is 32.4 Å². The van der Waals surface area contributed by atoms with Crippen molar-refractivity contribution >= 4 is 79.0 Å². The van der Waals surface area contributed by atoms with Crippen molar-refractivity contribution in [2.24, 2.45) is 17.4 Å². The summed E-state index contributed by atoms with van der Waals surface area (Å²) in [7, 11) is -5.01. The average molecular weight is 1060 g/mol. The number of carboxylic acid groups (broad SMARTS) is 4. The predicted octanol–water partition coefficient (Wildman–Crippen LogP) is -5.77. The fourth-order valence-corrected chi connectivity index (χ4v) is 6.59. The van der Waals surface area contributed by atoms with Gasteiger partial charge in [0.25, 0.3) is 0 Å². The molecule has 408 valence electrons. The third kappa shape index (κ3) is 25.1. The van der Waals surface area contributed by atoms with Crippen LogP contribution in [-0.4, -0.2) is 174 Å². The first-order valence-corrected chi connectivity index (χ1v) is 23.7. The monoisotopic (exact) mass is 1060 g/mol. The van der Waals surface area contributed by atoms with E-state index in [-0.39, 0.29) is 17.7 Å². The zero-order valence-corrected chi connectivity index (χ0v) is 40.6. The highest BCUT2D eigenvalue weighted by Crippen LogP contribution is 2.37. The van der Waals surface area contributed by atoms with E-state index in [4.69, 9.17) is 31.5 Å². The number of aliphatic hydroxyl groups is 1. The van der Waals surface area contributed by atoms with Gasteiger partial charge in [-0.2, -0.15) is 0 Å². The fraction of sp³-hybridized carbons (Fsp3) is 0.561. The lowest BCUT2D eigenvalue weighted by Crippen LogP contribution is -2.61. The normalized spacial score (nSPS) is 14.4. The summed E-state index contributed by atoms with van der Waals surface area (Å²) in [6, 6.07) is -8.68. The van der Waals surface area contributed by atoms with Crippen molar-refractivity contribution in [3.8, 4) is 5.75 Å². The van der Waals surface area contributed by atoms with Crippen LogP contribution >= 0.6 is 7.82 Å². The number of aliphatic carboxylic acids is 4. The van der Waals surface area contributed by atoms with Crippen LogP contribution in [0.3, 0.4) is 0 Å². The van der Waals surface area contributed by atoms with Gasteiger partial charge in [-0.25, -0.2) is 4.57 Å². The molecule has 0 saturated carbocycles. The SMILES string of the molecule is CC(C)[C@H](NC(=O)[C@H](Cc1ccc(OP(=O)(O)O)cc1)NC(=O)[C@H](CO)NC(=O)[C@H](CC(=O)O)NC(=O)[C@@H](N)CCCCN)C(=O)NCC(=O)N[C@@H](CC(=O)O)C(=O)N[C@@H](CCC(=O)O)C(=O)N[C@@H](C)C(=O)O. The van der Waals surface area contributed by atoms with Gasteiger partial charge in [0.1, 0.15) is 48.0 Å². The number of hydrogen-bond acceptors (Lipinski definition) is 17. The molecule has 1 rings (SSSR count). The zero-order chi connectivity index (χ0) is 55.7. The number of carboxylic acids is 4. The minimum Gasteiger partial charge on any atom is -0.481 e. The highest BCUT2D eigenvalue weighted by atomic mass is 31.2. The largest absolute Gasteiger partial charge is 0.524 e. The Balaban J connectivity index is 3.38. The molecule has 8 atom stereocenters. The number of unbranched alkanes of at least 4 members (excludes halogenated alkanes) is 1. The van der Waals surface area contributed by atoms with Gasteiger partial charge < -0.3 is 84.1 Å². The number of carbonyl (C=O) groups is 12. The topological polar surface area (TPSA) is 521 Å². The minimum atomic E-state index is -5.01. The van der Waals surface area contributed by atoms with E-state index in [2.05, 4.69) is 36.4 Å². The summed E-state index contributed by atoms with van der Waals surface area (Å²) in [6.45, 7) is 2.11. The molecule has 0 aliphatic carbocycles. The van der Waals surface area contributed by atoms with Crippen molar-refractivity contribution < 1.29 is 102 Å². The number of amides is 8. The summed E-state index contributed by atoms with van der Waals surface area (Å²) in [6.07, 6.45) is -2.79. The number of nitrogens with two attached hydrogens (primary N) is 2. The Labute approximate surface area is 415 Å². The summed E-state index contributed by atoms with van der Waals surface area (Å²) >= 11 is 0. The van der Waals surface area contributed by atoms with Crippen LogP contribution in [0.15, 0.2) is 24.3 Å². The van der Waals surface area contributed by atoms with Crippen molar-refractivity contribution in [1.82, 2.24) is 42.5 Å². The first-order chi connectivity index (χ1) is 34.0. The Morgan fingerprint density at radius 3 is 1.59 bits per heavy atom. The third-order valence-electron chi connectivity index (χ3n) is 10.1. The molecular formula is C41H63N10O21P. The second-order valence-corrected chi connectivity index (χ2v) is 17.7. The molecule has 1 aromatic carbocycles. The number of hydrogen-bond donors (Lipinski definition) is 17. The van der Waals surface area contributed by atoms with Crippen LogP contribution in [0.25, 0.3) is 0 Å². The molecule has 0 radical (unpaired) electrons. The minimum absolute atomic E-state index is 0.128. The number of nitrogens with one attached hydrogen (secondary N) is 8. The van der Waals surface area contributed by atoms with Crippen molar-refractivity contribution in [1.29, 1.82) is 0 Å². The summed E-state index contributed by atoms with van der Waals surface area (Å²) in [4.78, 5) is 170. The molecule has 1 aromatic rings. The maximum atomic E-state index is 14.0. The standard InChI is InChI=1S/C41H63N10O21P/c1-19(2)33(40(66)44-17-29(53)46-26(15-31(56)57)36(62)47-24(11-12-30(54)55)35(61)45-20(3)41(67)68)51-38(64)25(14-21-7-9-22(10-8-21)72-73(69,70)71)49-39(65)28(18-52)50-37(63)27(16-32(58)59)48-34(60)23(43)6-4-5-13-42/h7-10,19-20,23-28,33,52H,4-6,11-18,42-43H2,1-3H3,(H,44,66)(H,45,61)(H,46,53)(H,47,62)(H,48,60)(H,49,65)(H,50,63)(H,51,64)(H,54,55)(H,56,57)(H,58,59)(H,67,68)(H2,69,70,71)/t20-,23-,24-,25-,26-,27-,28-,33-/m0/s1. The van der Waals surface area contributed by atoms with E-state index in [1.54, 1.807) is 0 Å². The lowest BCUT2D eigenvalue weighted by atomic mass is 10.0. The number of rotatable bonds is 34. The van der Waals surface area contributed by atoms with Crippen molar-refractivity contribution in [2.75, 3.05) is 19.7 Å². The van der Waals surface area contributed by atoms with E-state index in [9.17, 15) is 77.4 Å². The summed E-state index contributed by atoms with van der Waals surface area (Å²) in [5.74, 6) is -16.5. The Morgan fingerprint density at radius 2 is 1.10 bits per heavy atom. The number of phosphoric acid groups is 1. The van der Waals surface area contributed by atoms with Gasteiger partial charge in [0.15, 0.2) is 0 Å². The van der Waals surface area contributed by atoms with Gasteiger partial charge in [0.2, 0.25) is 47.3 Å². The third-order valence-corrected chi connectivity index (χ3v) is 10.5. The quantitative estimate of drug-likeness (QED) is 0.0226. The molecule has 0 bridgehead atoms. The average Bonchev–Trinajstić information content (AvgIpc) is 3.28. The van der Waals surface area contributed by atoms with Crippen LogP contribution in [0.2, 0.25) is 0 Å². The van der Waals surface area contributed by atoms with Crippen molar-refractivity contribution in [2.45, 2.75) is 120 Å². The molecule has 0 unspecified atom stereocenters. The second kappa shape index (κ2) is 31.2. The van der Waals surface area contributed by atoms with E-state index in [0.717, 1.165) is 19.1 Å². The van der Waals surface area contributed by atoms with Crippen LogP contribution < -0.4 is 58.5 Å². The molecule has 0 spiro atoms. The highest BCUT2D eigenvalue weighted by molar-refractivity contribution is 7.46. The predicted molar refractivity (Wildman–Crippen MR) is 247 cm³/mol. The number of aliphatic hydroxyl groups excluding tert-OH is 1. The molecule has 19 N–H and O–H groups in total. The van der Waals surface area contributed by atoms with Crippen molar-refractivity contribution in [3.05, 3.63) is 29.8 Å². The summed E-state index contributed by atoms with van der Waals surface area (Å²) in [5.41, 5.74) is 11.5. The molecule has 0 aromatic heterocycles. The van der Waals surface area contributed by atoms with E-state index in [1.165, 1.54) is 26.0 Å². The number of phosphoric ester groups is 1. The van der Waals surface area contributed by atoms with Crippen LogP contribution in [0, 0.1) is 5.92 Å². The van der Waals surface area contributed by atoms with Crippen molar-refractivity contribution in [3.63, 3.8) is 0 Å². The highest BCUT2D eigenvalue weighted by Gasteiger charge is 2.35. The van der Waals surface area contributed by atoms with Crippen LogP contribution in [0.4, 0.5) is 0 Å². The first-order valence-electron chi connectivity index (χ1n) is 22.2. The fourth-order valence-electron chi connectivity index (χ4n) is 6.19. The second-order valence-electron chi connectivity index (χ2n) is 16.5. The molecule has 8 amide bonds. The number of benzene rings is 1. The Bertz CT molecular complexity index is 2190. The molecule has 31 nitrogen and oxygen atoms in total. The molecular weight excluding hydrogens is 999 g/mol. The molecule has 73 heavy (non-hydrogen) atoms. The Kier molecular flexibility index (Phi) is 27.2. The number of carbonyl (C=O) groups excluding carboxylic acids is 8. The molecule has 0 fully saturated rings.